The van der Waals surface area contributed by atoms with Crippen molar-refractivity contribution in [3.8, 4) is 0 Å². The van der Waals surface area contributed by atoms with Gasteiger partial charge in [-0.2, -0.15) is 4.99 Å². The van der Waals surface area contributed by atoms with Crippen LogP contribution in [0.5, 0.6) is 0 Å². The molecule has 2 N–H and O–H groups in total. The summed E-state index contributed by atoms with van der Waals surface area (Å²) in [5.41, 5.74) is -0.0312. The summed E-state index contributed by atoms with van der Waals surface area (Å²) in [7, 11) is 0. The van der Waals surface area contributed by atoms with E-state index in [0.717, 1.165) is 6.42 Å². The fourth-order valence-corrected chi connectivity index (χ4v) is 0.729. The van der Waals surface area contributed by atoms with Crippen LogP contribution in [0.2, 0.25) is 0 Å². The predicted molar refractivity (Wildman–Crippen MR) is 37.5 cm³/mol. The van der Waals surface area contributed by atoms with Crippen molar-refractivity contribution in [2.75, 3.05) is 0 Å². The van der Waals surface area contributed by atoms with Gasteiger partial charge >= 0.3 is 17.9 Å². The molecule has 12 heavy (non-hydrogen) atoms. The van der Waals surface area contributed by atoms with E-state index < -0.39 is 24.3 Å². The Kier molecular flexibility index (Phi) is 2.09. The first-order valence-corrected chi connectivity index (χ1v) is 3.07. The number of nitrogens with zero attached hydrogens (tertiary/aromatic N) is 1. The lowest BCUT2D eigenvalue weighted by Crippen LogP contribution is -2.36. The van der Waals surface area contributed by atoms with Crippen LogP contribution < -0.4 is 5.32 Å². The molecule has 0 aromatic carbocycles. The van der Waals surface area contributed by atoms with Gasteiger partial charge in [-0.25, -0.2) is 14.9 Å². The largest absolute Gasteiger partial charge is 0.481 e. The Labute approximate surface area is 67.3 Å². The van der Waals surface area contributed by atoms with Crippen molar-refractivity contribution < 1.29 is 19.5 Å². The molecule has 3 amide bonds. The van der Waals surface area contributed by atoms with Crippen LogP contribution in [0, 0.1) is 6.42 Å². The zero-order valence-corrected chi connectivity index (χ0v) is 5.90. The summed E-state index contributed by atoms with van der Waals surface area (Å²) in [6.45, 7) is 0. The van der Waals surface area contributed by atoms with Crippen molar-refractivity contribution in [1.82, 2.24) is 5.32 Å². The van der Waals surface area contributed by atoms with Crippen LogP contribution in [-0.4, -0.2) is 28.7 Å². The molecular formula is C6H5N2O4+. The molecule has 1 aliphatic rings. The summed E-state index contributed by atoms with van der Waals surface area (Å²) in [4.78, 5) is 34.6. The Hall–Kier alpha value is -1.85. The van der Waals surface area contributed by atoms with Gasteiger partial charge in [0.05, 0.1) is 0 Å². The van der Waals surface area contributed by atoms with Gasteiger partial charge in [-0.15, -0.1) is 0 Å². The Balaban J connectivity index is 2.70. The van der Waals surface area contributed by atoms with Crippen molar-refractivity contribution in [2.45, 2.75) is 6.42 Å². The highest BCUT2D eigenvalue weighted by molar-refractivity contribution is 6.24. The van der Waals surface area contributed by atoms with Gasteiger partial charge in [-0.05, 0) is 0 Å². The van der Waals surface area contributed by atoms with E-state index in [0.29, 0.717) is 0 Å². The molecule has 0 saturated carbocycles. The summed E-state index contributed by atoms with van der Waals surface area (Å²) in [5, 5.41) is 10.2. The number of hydrogen-bond donors (Lipinski definition) is 2. The number of carboxylic acid groups (broad SMARTS) is 1. The third-order valence-electron chi connectivity index (χ3n) is 1.11. The smallest absolute Gasteiger partial charge is 0.417 e. The van der Waals surface area contributed by atoms with E-state index in [4.69, 9.17) is 5.11 Å². The zero-order valence-electron chi connectivity index (χ0n) is 5.90. The molecule has 0 spiro atoms. The maximum atomic E-state index is 10.6. The molecule has 1 rings (SSSR count). The summed E-state index contributed by atoms with van der Waals surface area (Å²) in [5.74, 6) is -1.77. The van der Waals surface area contributed by atoms with E-state index in [-0.39, 0.29) is 5.71 Å². The first kappa shape index (κ1) is 8.25. The fraction of sp³-hybridized carbons (Fsp3) is 0.167. The van der Waals surface area contributed by atoms with Crippen LogP contribution in [0.3, 0.4) is 0 Å². The summed E-state index contributed by atoms with van der Waals surface area (Å²) >= 11 is 0. The number of imide groups is 1. The molecule has 0 saturated heterocycles. The van der Waals surface area contributed by atoms with Crippen LogP contribution in [0.15, 0.2) is 4.99 Å². The summed E-state index contributed by atoms with van der Waals surface area (Å²) < 4.78 is 0. The number of amides is 3. The number of urea groups is 1. The summed E-state index contributed by atoms with van der Waals surface area (Å²) in [6, 6.07) is -0.821. The van der Waals surface area contributed by atoms with E-state index >= 15 is 0 Å². The fourth-order valence-electron chi connectivity index (χ4n) is 0.729. The molecule has 1 aliphatic heterocycles. The minimum absolute atomic E-state index is 0.0312. The average molecular weight is 169 g/mol. The normalized spacial score (nSPS) is 16.2. The number of hydrogen-bond acceptors (Lipinski definition) is 3. The second kappa shape index (κ2) is 3.04. The molecular weight excluding hydrogens is 164 g/mol. The number of carboxylic acids is 1. The van der Waals surface area contributed by atoms with E-state index in [1.807, 2.05) is 5.32 Å². The lowest BCUT2D eigenvalue weighted by atomic mass is 10.2. The first-order chi connectivity index (χ1) is 5.58. The van der Waals surface area contributed by atoms with E-state index in [2.05, 4.69) is 4.99 Å². The lowest BCUT2D eigenvalue weighted by Gasteiger charge is -1.99. The number of aliphatic imine (C=N–C) groups is 1. The minimum atomic E-state index is -1.13. The highest BCUT2D eigenvalue weighted by Crippen LogP contribution is 1.98. The van der Waals surface area contributed by atoms with E-state index in [9.17, 15) is 14.4 Å². The number of aliphatic carboxylic acids is 1. The second-order valence-electron chi connectivity index (χ2n) is 2.11. The third kappa shape index (κ3) is 2.08. The van der Waals surface area contributed by atoms with Gasteiger partial charge in [0.1, 0.15) is 6.42 Å². The van der Waals surface area contributed by atoms with Gasteiger partial charge in [0, 0.05) is 0 Å². The third-order valence-corrected chi connectivity index (χ3v) is 1.11. The minimum Gasteiger partial charge on any atom is -0.481 e. The number of carbonyl (C=O) groups is 3. The van der Waals surface area contributed by atoms with Crippen LogP contribution in [0.1, 0.15) is 6.42 Å². The molecule has 0 aromatic heterocycles. The van der Waals surface area contributed by atoms with Crippen LogP contribution in [0.4, 0.5) is 4.79 Å². The Morgan fingerprint density at radius 3 is 2.75 bits per heavy atom. The van der Waals surface area contributed by atoms with E-state index in [1.54, 1.807) is 0 Å². The molecule has 1 heterocycles. The van der Waals surface area contributed by atoms with Gasteiger partial charge < -0.3 is 5.11 Å². The van der Waals surface area contributed by atoms with Gasteiger partial charge in [-0.3, -0.25) is 4.79 Å². The number of rotatable bonds is 2. The number of carbonyl (C=O) groups excluding carboxylic acids is 2. The van der Waals surface area contributed by atoms with Gasteiger partial charge in [0.25, 0.3) is 0 Å². The molecule has 6 nitrogen and oxygen atoms in total. The van der Waals surface area contributed by atoms with Crippen molar-refractivity contribution >= 4 is 23.6 Å². The van der Waals surface area contributed by atoms with Gasteiger partial charge in [-0.1, -0.05) is 0 Å². The van der Waals surface area contributed by atoms with Crippen LogP contribution in [0.25, 0.3) is 0 Å². The summed E-state index contributed by atoms with van der Waals surface area (Å²) in [6.07, 6.45) is 0.564. The highest BCUT2D eigenvalue weighted by atomic mass is 16.4. The molecule has 0 bridgehead atoms. The molecule has 62 valence electrons. The quantitative estimate of drug-likeness (QED) is 0.537. The number of nitrogens with one attached hydrogen (secondary N) is 1. The topological polar surface area (TPSA) is 95.8 Å². The first-order valence-electron chi connectivity index (χ1n) is 3.07. The molecule has 0 radical (unpaired) electrons. The van der Waals surface area contributed by atoms with Crippen LogP contribution >= 0.6 is 0 Å². The van der Waals surface area contributed by atoms with Crippen molar-refractivity contribution in [3.05, 3.63) is 6.42 Å². The predicted octanol–water partition coefficient (Wildman–Crippen LogP) is -0.644. The molecule has 0 fully saturated rings. The SMILES string of the molecule is O=C(O)CC1=NC(=O)NC(=O)[CH+]1. The van der Waals surface area contributed by atoms with E-state index in [1.165, 1.54) is 0 Å². The Morgan fingerprint density at radius 2 is 2.25 bits per heavy atom. The standard InChI is InChI=1S/C6H4N2O4/c9-4-1-3(2-5(10)11)7-6(12)8-4/h1H,2H2,(H-,8,9,10,11,12)/p+1. The zero-order chi connectivity index (χ0) is 9.14. The molecule has 0 unspecified atom stereocenters. The molecule has 0 aromatic rings. The van der Waals surface area contributed by atoms with Gasteiger partial charge in [0.15, 0.2) is 0 Å². The Morgan fingerprint density at radius 1 is 1.58 bits per heavy atom. The monoisotopic (exact) mass is 169 g/mol. The average Bonchev–Trinajstić information content (AvgIpc) is 1.81. The molecule has 0 aliphatic carbocycles. The lowest BCUT2D eigenvalue weighted by molar-refractivity contribution is -0.135. The second-order valence-corrected chi connectivity index (χ2v) is 2.11. The van der Waals surface area contributed by atoms with Crippen molar-refractivity contribution in [3.63, 3.8) is 0 Å². The highest BCUT2D eigenvalue weighted by Gasteiger charge is 2.29. The van der Waals surface area contributed by atoms with Crippen LogP contribution in [-0.2, 0) is 9.59 Å². The Bertz CT molecular complexity index is 281. The maximum absolute atomic E-state index is 10.6. The molecule has 0 atom stereocenters. The van der Waals surface area contributed by atoms with Gasteiger partial charge in [0.2, 0.25) is 12.1 Å². The van der Waals surface area contributed by atoms with Crippen molar-refractivity contribution in [1.29, 1.82) is 0 Å². The van der Waals surface area contributed by atoms with Crippen molar-refractivity contribution in [2.24, 2.45) is 4.99 Å². The maximum Gasteiger partial charge on any atom is 0.417 e. The molecule has 6 heteroatoms.